The van der Waals surface area contributed by atoms with Gasteiger partial charge in [0.15, 0.2) is 0 Å². The van der Waals surface area contributed by atoms with Gasteiger partial charge in [0.05, 0.1) is 5.56 Å². The van der Waals surface area contributed by atoms with E-state index < -0.39 is 0 Å². The zero-order valence-electron chi connectivity index (χ0n) is 9.82. The Labute approximate surface area is 106 Å². The number of hydrogen-bond acceptors (Lipinski definition) is 3. The molecule has 0 aliphatic rings. The fraction of sp³-hybridized carbons (Fsp3) is 0.417. The number of nitrogens with two attached hydrogens (primary N) is 1. The number of carbonyl (C=O) groups is 1. The number of carbonyl (C=O) groups excluding carboxylic acids is 1. The first kappa shape index (κ1) is 13.8. The number of amides is 1. The molecule has 3 N–H and O–H groups in total. The van der Waals surface area contributed by atoms with Crippen molar-refractivity contribution in [1.29, 1.82) is 0 Å². The fourth-order valence-corrected chi connectivity index (χ4v) is 1.74. The Balaban J connectivity index is 2.86. The van der Waals surface area contributed by atoms with Gasteiger partial charge in [-0.2, -0.15) is 0 Å². The number of halogens is 1. The highest BCUT2D eigenvalue weighted by molar-refractivity contribution is 6.31. The van der Waals surface area contributed by atoms with Crippen molar-refractivity contribution < 1.29 is 9.90 Å². The molecule has 94 valence electrons. The number of nitrogen functional groups attached to an aromatic ring is 1. The summed E-state index contributed by atoms with van der Waals surface area (Å²) in [5.41, 5.74) is 6.59. The molecule has 0 saturated carbocycles. The highest BCUT2D eigenvalue weighted by Gasteiger charge is 2.16. The zero-order valence-corrected chi connectivity index (χ0v) is 10.6. The molecule has 1 amide bonds. The summed E-state index contributed by atoms with van der Waals surface area (Å²) < 4.78 is 0. The van der Waals surface area contributed by atoms with Gasteiger partial charge >= 0.3 is 0 Å². The Hall–Kier alpha value is -1.26. The van der Waals surface area contributed by atoms with Crippen LogP contribution in [0.3, 0.4) is 0 Å². The Morgan fingerprint density at radius 3 is 2.76 bits per heavy atom. The number of nitrogens with zero attached hydrogens (tertiary/aromatic N) is 1. The lowest BCUT2D eigenvalue weighted by molar-refractivity contribution is 0.0755. The number of rotatable bonds is 5. The topological polar surface area (TPSA) is 66.6 Å². The largest absolute Gasteiger partial charge is 0.398 e. The van der Waals surface area contributed by atoms with E-state index in [1.54, 1.807) is 23.1 Å². The molecule has 0 radical (unpaired) electrons. The fourth-order valence-electron chi connectivity index (χ4n) is 1.56. The molecule has 0 aliphatic heterocycles. The van der Waals surface area contributed by atoms with Crippen molar-refractivity contribution in [3.63, 3.8) is 0 Å². The van der Waals surface area contributed by atoms with E-state index in [0.29, 0.717) is 35.8 Å². The van der Waals surface area contributed by atoms with Crippen molar-refractivity contribution in [2.75, 3.05) is 25.4 Å². The SMILES string of the molecule is CCN(CCCO)C(=O)c1ccc(Cl)cc1N. The molecule has 1 aromatic carbocycles. The molecule has 0 fully saturated rings. The lowest BCUT2D eigenvalue weighted by Crippen LogP contribution is -2.32. The van der Waals surface area contributed by atoms with Crippen LogP contribution in [-0.4, -0.2) is 35.6 Å². The molecule has 0 aromatic heterocycles. The minimum absolute atomic E-state index is 0.0693. The summed E-state index contributed by atoms with van der Waals surface area (Å²) in [6, 6.07) is 4.83. The van der Waals surface area contributed by atoms with Gasteiger partial charge < -0.3 is 15.7 Å². The molecule has 0 unspecified atom stereocenters. The maximum Gasteiger partial charge on any atom is 0.255 e. The summed E-state index contributed by atoms with van der Waals surface area (Å²) in [7, 11) is 0. The molecule has 1 aromatic rings. The van der Waals surface area contributed by atoms with E-state index in [1.165, 1.54) is 0 Å². The van der Waals surface area contributed by atoms with Gasteiger partial charge in [-0.1, -0.05) is 11.6 Å². The molecule has 0 aliphatic carbocycles. The molecule has 0 bridgehead atoms. The summed E-state index contributed by atoms with van der Waals surface area (Å²) in [6.45, 7) is 3.07. The third-order valence-corrected chi connectivity index (χ3v) is 2.73. The van der Waals surface area contributed by atoms with E-state index >= 15 is 0 Å². The van der Waals surface area contributed by atoms with E-state index in [1.807, 2.05) is 6.92 Å². The van der Waals surface area contributed by atoms with Gasteiger partial charge in [-0.15, -0.1) is 0 Å². The summed E-state index contributed by atoms with van der Waals surface area (Å²) in [4.78, 5) is 13.8. The van der Waals surface area contributed by atoms with Gasteiger partial charge in [0, 0.05) is 30.4 Å². The normalized spacial score (nSPS) is 10.3. The lowest BCUT2D eigenvalue weighted by Gasteiger charge is -2.21. The average molecular weight is 257 g/mol. The summed E-state index contributed by atoms with van der Waals surface area (Å²) in [6.07, 6.45) is 0.563. The van der Waals surface area contributed by atoms with E-state index in [2.05, 4.69) is 0 Å². The van der Waals surface area contributed by atoms with Crippen LogP contribution in [0.4, 0.5) is 5.69 Å². The first-order valence-corrected chi connectivity index (χ1v) is 5.93. The third kappa shape index (κ3) is 3.61. The van der Waals surface area contributed by atoms with Crippen molar-refractivity contribution in [3.05, 3.63) is 28.8 Å². The highest BCUT2D eigenvalue weighted by Crippen LogP contribution is 2.19. The van der Waals surface area contributed by atoms with Gasteiger partial charge in [-0.05, 0) is 31.5 Å². The van der Waals surface area contributed by atoms with Crippen LogP contribution in [0.2, 0.25) is 5.02 Å². The average Bonchev–Trinajstić information content (AvgIpc) is 2.29. The van der Waals surface area contributed by atoms with E-state index in [-0.39, 0.29) is 12.5 Å². The predicted molar refractivity (Wildman–Crippen MR) is 69.1 cm³/mol. The van der Waals surface area contributed by atoms with Crippen molar-refractivity contribution in [3.8, 4) is 0 Å². The van der Waals surface area contributed by atoms with Crippen molar-refractivity contribution in [1.82, 2.24) is 4.90 Å². The summed E-state index contributed by atoms with van der Waals surface area (Å²) in [5, 5.41) is 9.29. The maximum absolute atomic E-state index is 12.1. The molecular weight excluding hydrogens is 240 g/mol. The molecule has 0 saturated heterocycles. The Morgan fingerprint density at radius 2 is 2.24 bits per heavy atom. The van der Waals surface area contributed by atoms with Crippen LogP contribution in [0, 0.1) is 0 Å². The summed E-state index contributed by atoms with van der Waals surface area (Å²) in [5.74, 6) is -0.130. The molecule has 0 atom stereocenters. The van der Waals surface area contributed by atoms with Crippen LogP contribution in [-0.2, 0) is 0 Å². The molecular formula is C12H17ClN2O2. The summed E-state index contributed by atoms with van der Waals surface area (Å²) >= 11 is 5.78. The second-order valence-electron chi connectivity index (χ2n) is 3.69. The first-order chi connectivity index (χ1) is 8.10. The smallest absolute Gasteiger partial charge is 0.255 e. The Bertz CT molecular complexity index is 396. The lowest BCUT2D eigenvalue weighted by atomic mass is 10.1. The van der Waals surface area contributed by atoms with Crippen LogP contribution >= 0.6 is 11.6 Å². The standard InChI is InChI=1S/C12H17ClN2O2/c1-2-15(6-3-7-16)12(17)10-5-4-9(13)8-11(10)14/h4-5,8,16H,2-3,6-7,14H2,1H3. The van der Waals surface area contributed by atoms with Gasteiger partial charge in [0.25, 0.3) is 5.91 Å². The van der Waals surface area contributed by atoms with E-state index in [0.717, 1.165) is 0 Å². The number of benzene rings is 1. The van der Waals surface area contributed by atoms with Crippen LogP contribution in [0.25, 0.3) is 0 Å². The number of hydrogen-bond donors (Lipinski definition) is 2. The first-order valence-electron chi connectivity index (χ1n) is 5.55. The quantitative estimate of drug-likeness (QED) is 0.789. The van der Waals surface area contributed by atoms with Crippen LogP contribution in [0.15, 0.2) is 18.2 Å². The second-order valence-corrected chi connectivity index (χ2v) is 4.13. The Morgan fingerprint density at radius 1 is 1.53 bits per heavy atom. The molecule has 4 nitrogen and oxygen atoms in total. The maximum atomic E-state index is 12.1. The molecule has 1 rings (SSSR count). The number of aliphatic hydroxyl groups is 1. The van der Waals surface area contributed by atoms with E-state index in [9.17, 15) is 4.79 Å². The molecule has 0 heterocycles. The monoisotopic (exact) mass is 256 g/mol. The zero-order chi connectivity index (χ0) is 12.8. The molecule has 0 spiro atoms. The van der Waals surface area contributed by atoms with Gasteiger partial charge in [0.1, 0.15) is 0 Å². The van der Waals surface area contributed by atoms with E-state index in [4.69, 9.17) is 22.4 Å². The van der Waals surface area contributed by atoms with Gasteiger partial charge in [0.2, 0.25) is 0 Å². The third-order valence-electron chi connectivity index (χ3n) is 2.50. The number of aliphatic hydroxyl groups excluding tert-OH is 1. The van der Waals surface area contributed by atoms with Crippen LogP contribution in [0.5, 0.6) is 0 Å². The second kappa shape index (κ2) is 6.47. The van der Waals surface area contributed by atoms with Crippen molar-refractivity contribution in [2.45, 2.75) is 13.3 Å². The van der Waals surface area contributed by atoms with Crippen molar-refractivity contribution in [2.24, 2.45) is 0 Å². The van der Waals surface area contributed by atoms with Crippen LogP contribution < -0.4 is 5.73 Å². The van der Waals surface area contributed by atoms with Crippen LogP contribution in [0.1, 0.15) is 23.7 Å². The molecule has 17 heavy (non-hydrogen) atoms. The minimum atomic E-state index is -0.130. The molecule has 5 heteroatoms. The van der Waals surface area contributed by atoms with Gasteiger partial charge in [-0.3, -0.25) is 4.79 Å². The predicted octanol–water partition coefficient (Wildman–Crippen LogP) is 1.77. The minimum Gasteiger partial charge on any atom is -0.398 e. The van der Waals surface area contributed by atoms with Gasteiger partial charge in [-0.25, -0.2) is 0 Å². The highest BCUT2D eigenvalue weighted by atomic mass is 35.5. The Kier molecular flexibility index (Phi) is 5.25. The number of anilines is 1. The van der Waals surface area contributed by atoms with Crippen molar-refractivity contribution >= 4 is 23.2 Å².